The molecule has 0 unspecified atom stereocenters. The Morgan fingerprint density at radius 3 is 2.61 bits per heavy atom. The molecule has 6 nitrogen and oxygen atoms in total. The Morgan fingerprint density at radius 2 is 1.94 bits per heavy atom. The Balaban J connectivity index is 1.67. The number of rotatable bonds is 9. The number of benzene rings is 2. The summed E-state index contributed by atoms with van der Waals surface area (Å²) in [6.07, 6.45) is 2.43. The molecule has 31 heavy (non-hydrogen) atoms. The van der Waals surface area contributed by atoms with Gasteiger partial charge in [-0.05, 0) is 70.7 Å². The number of nitrogens with one attached hydrogen (secondary N) is 1. The number of hydrogen-bond donors (Lipinski definition) is 1. The molecule has 8 heteroatoms. The van der Waals surface area contributed by atoms with Crippen molar-refractivity contribution in [1.29, 1.82) is 0 Å². The maximum atomic E-state index is 12.5. The van der Waals surface area contributed by atoms with Crippen molar-refractivity contribution >= 4 is 39.3 Å². The van der Waals surface area contributed by atoms with E-state index in [0.717, 1.165) is 32.9 Å². The molecule has 2 aromatic carbocycles. The first-order valence-electron chi connectivity index (χ1n) is 9.76. The Hall–Kier alpha value is -2.58. The van der Waals surface area contributed by atoms with E-state index in [9.17, 15) is 4.79 Å². The van der Waals surface area contributed by atoms with Gasteiger partial charge in [0.15, 0.2) is 5.16 Å². The fraction of sp³-hybridized carbons (Fsp3) is 0.261. The van der Waals surface area contributed by atoms with Crippen LogP contribution in [0.5, 0.6) is 5.75 Å². The smallest absolute Gasteiger partial charge is 0.234 e. The lowest BCUT2D eigenvalue weighted by Gasteiger charge is -2.11. The molecule has 162 valence electrons. The van der Waals surface area contributed by atoms with Gasteiger partial charge in [0, 0.05) is 17.4 Å². The van der Waals surface area contributed by atoms with E-state index in [1.54, 1.807) is 13.2 Å². The van der Waals surface area contributed by atoms with Gasteiger partial charge in [0.2, 0.25) is 5.91 Å². The molecule has 0 aliphatic rings. The molecule has 1 aromatic heterocycles. The van der Waals surface area contributed by atoms with Gasteiger partial charge in [0.05, 0.1) is 18.6 Å². The summed E-state index contributed by atoms with van der Waals surface area (Å²) in [7, 11) is 1.65. The minimum atomic E-state index is -0.0983. The molecule has 0 aliphatic carbocycles. The highest BCUT2D eigenvalue weighted by molar-refractivity contribution is 9.10. The van der Waals surface area contributed by atoms with Crippen LogP contribution < -0.4 is 10.1 Å². The van der Waals surface area contributed by atoms with Crippen LogP contribution in [-0.2, 0) is 17.8 Å². The van der Waals surface area contributed by atoms with Crippen LogP contribution in [0.2, 0.25) is 0 Å². The van der Waals surface area contributed by atoms with Crippen molar-refractivity contribution < 1.29 is 9.53 Å². The molecule has 0 saturated carbocycles. The number of anilines is 1. The van der Waals surface area contributed by atoms with E-state index in [0.29, 0.717) is 18.1 Å². The number of ether oxygens (including phenoxy) is 1. The summed E-state index contributed by atoms with van der Waals surface area (Å²) in [6, 6.07) is 11.8. The third-order valence-corrected chi connectivity index (χ3v) is 6.44. The Labute approximate surface area is 195 Å². The van der Waals surface area contributed by atoms with E-state index in [1.165, 1.54) is 17.3 Å². The maximum absolute atomic E-state index is 12.5. The summed E-state index contributed by atoms with van der Waals surface area (Å²) in [5.41, 5.74) is 4.16. The van der Waals surface area contributed by atoms with Crippen LogP contribution in [0.1, 0.15) is 22.5 Å². The van der Waals surface area contributed by atoms with E-state index in [4.69, 9.17) is 4.74 Å². The minimum Gasteiger partial charge on any atom is -0.497 e. The molecule has 0 fully saturated rings. The first-order chi connectivity index (χ1) is 14.9. The number of aromatic nitrogens is 3. The molecule has 0 spiro atoms. The number of carbonyl (C=O) groups excluding carboxylic acids is 1. The SMILES string of the molecule is C=CCn1c(Cc2ccc(OC)cc2)nnc1SCC(=O)Nc1cc(C)c(C)cc1Br. The van der Waals surface area contributed by atoms with Crippen molar-refractivity contribution in [2.45, 2.75) is 32.0 Å². The molecular weight excluding hydrogens is 476 g/mol. The number of hydrogen-bond acceptors (Lipinski definition) is 5. The third kappa shape index (κ3) is 5.98. The molecule has 0 atom stereocenters. The van der Waals surface area contributed by atoms with Crippen molar-refractivity contribution in [3.8, 4) is 5.75 Å². The number of aryl methyl sites for hydroxylation is 2. The predicted molar refractivity (Wildman–Crippen MR) is 129 cm³/mol. The lowest BCUT2D eigenvalue weighted by molar-refractivity contribution is -0.113. The highest BCUT2D eigenvalue weighted by Crippen LogP contribution is 2.27. The van der Waals surface area contributed by atoms with Crippen LogP contribution in [0.15, 0.2) is 58.7 Å². The van der Waals surface area contributed by atoms with E-state index in [2.05, 4.69) is 38.0 Å². The van der Waals surface area contributed by atoms with Crippen molar-refractivity contribution in [2.75, 3.05) is 18.2 Å². The molecular formula is C23H25BrN4O2S. The molecule has 0 saturated heterocycles. The van der Waals surface area contributed by atoms with Crippen LogP contribution >= 0.6 is 27.7 Å². The molecule has 0 radical (unpaired) electrons. The second kappa shape index (κ2) is 10.6. The number of amides is 1. The summed E-state index contributed by atoms with van der Waals surface area (Å²) < 4.78 is 8.07. The van der Waals surface area contributed by atoms with Gasteiger partial charge in [-0.25, -0.2) is 0 Å². The van der Waals surface area contributed by atoms with Crippen LogP contribution in [-0.4, -0.2) is 33.5 Å². The van der Waals surface area contributed by atoms with Gasteiger partial charge in [0.1, 0.15) is 11.6 Å². The largest absolute Gasteiger partial charge is 0.497 e. The maximum Gasteiger partial charge on any atom is 0.234 e. The monoisotopic (exact) mass is 500 g/mol. The number of carbonyl (C=O) groups is 1. The molecule has 3 rings (SSSR count). The van der Waals surface area contributed by atoms with Gasteiger partial charge in [-0.1, -0.05) is 30.0 Å². The normalized spacial score (nSPS) is 10.7. The van der Waals surface area contributed by atoms with Crippen LogP contribution in [0, 0.1) is 13.8 Å². The van der Waals surface area contributed by atoms with Crippen molar-refractivity contribution in [1.82, 2.24) is 14.8 Å². The average Bonchev–Trinajstić information content (AvgIpc) is 3.12. The molecule has 1 N–H and O–H groups in total. The van der Waals surface area contributed by atoms with E-state index < -0.39 is 0 Å². The standard InChI is InChI=1S/C23H25BrN4O2S/c1-5-10-28-21(13-17-6-8-18(30-4)9-7-17)26-27-23(28)31-14-22(29)25-20-12-16(3)15(2)11-19(20)24/h5-9,11-12H,1,10,13-14H2,2-4H3,(H,25,29). The number of nitrogens with zero attached hydrogens (tertiary/aromatic N) is 3. The second-order valence-electron chi connectivity index (χ2n) is 7.08. The van der Waals surface area contributed by atoms with Crippen LogP contribution in [0.3, 0.4) is 0 Å². The van der Waals surface area contributed by atoms with Gasteiger partial charge in [-0.2, -0.15) is 0 Å². The average molecular weight is 501 g/mol. The second-order valence-corrected chi connectivity index (χ2v) is 8.87. The molecule has 0 aliphatic heterocycles. The van der Waals surface area contributed by atoms with Crippen LogP contribution in [0.25, 0.3) is 0 Å². The van der Waals surface area contributed by atoms with Gasteiger partial charge >= 0.3 is 0 Å². The predicted octanol–water partition coefficient (Wildman–Crippen LogP) is 5.17. The minimum absolute atomic E-state index is 0.0983. The van der Waals surface area contributed by atoms with Crippen molar-refractivity contribution in [3.63, 3.8) is 0 Å². The van der Waals surface area contributed by atoms with Gasteiger partial charge in [-0.3, -0.25) is 4.79 Å². The fourth-order valence-electron chi connectivity index (χ4n) is 2.99. The lowest BCUT2D eigenvalue weighted by Crippen LogP contribution is -2.15. The number of methoxy groups -OCH3 is 1. The summed E-state index contributed by atoms with van der Waals surface area (Å²) in [6.45, 7) is 8.47. The molecule has 1 amide bonds. The zero-order valence-electron chi connectivity index (χ0n) is 17.8. The molecule has 3 aromatic rings. The number of thioether (sulfide) groups is 1. The summed E-state index contributed by atoms with van der Waals surface area (Å²) in [5, 5.41) is 12.3. The zero-order chi connectivity index (χ0) is 22.4. The summed E-state index contributed by atoms with van der Waals surface area (Å²) in [4.78, 5) is 12.5. The zero-order valence-corrected chi connectivity index (χ0v) is 20.2. The Bertz CT molecular complexity index is 1080. The fourth-order valence-corrected chi connectivity index (χ4v) is 4.31. The summed E-state index contributed by atoms with van der Waals surface area (Å²) >= 11 is 4.87. The molecule has 0 bridgehead atoms. The third-order valence-electron chi connectivity index (χ3n) is 4.82. The Morgan fingerprint density at radius 1 is 1.23 bits per heavy atom. The lowest BCUT2D eigenvalue weighted by atomic mass is 10.1. The highest BCUT2D eigenvalue weighted by atomic mass is 79.9. The number of allylic oxidation sites excluding steroid dienone is 1. The first-order valence-corrected chi connectivity index (χ1v) is 11.5. The quantitative estimate of drug-likeness (QED) is 0.324. The Kier molecular flexibility index (Phi) is 7.92. The van der Waals surface area contributed by atoms with Gasteiger partial charge in [-0.15, -0.1) is 16.8 Å². The number of halogens is 1. The van der Waals surface area contributed by atoms with Crippen molar-refractivity contribution in [2.24, 2.45) is 0 Å². The summed E-state index contributed by atoms with van der Waals surface area (Å²) in [5.74, 6) is 1.77. The van der Waals surface area contributed by atoms with Crippen molar-refractivity contribution in [3.05, 3.63) is 76.0 Å². The van der Waals surface area contributed by atoms with E-state index >= 15 is 0 Å². The van der Waals surface area contributed by atoms with Gasteiger partial charge in [0.25, 0.3) is 0 Å². The van der Waals surface area contributed by atoms with E-state index in [1.807, 2.05) is 54.8 Å². The van der Waals surface area contributed by atoms with E-state index in [-0.39, 0.29) is 11.7 Å². The van der Waals surface area contributed by atoms with Gasteiger partial charge < -0.3 is 14.6 Å². The topological polar surface area (TPSA) is 69.0 Å². The van der Waals surface area contributed by atoms with Crippen LogP contribution in [0.4, 0.5) is 5.69 Å². The molecule has 1 heterocycles. The first kappa shape index (κ1) is 23.1. The highest BCUT2D eigenvalue weighted by Gasteiger charge is 2.15.